The number of rotatable bonds is 5. The molecule has 0 bridgehead atoms. The van der Waals surface area contributed by atoms with Gasteiger partial charge in [0.2, 0.25) is 5.16 Å². The van der Waals surface area contributed by atoms with Gasteiger partial charge in [0, 0.05) is 23.7 Å². The van der Waals surface area contributed by atoms with Gasteiger partial charge in [-0.05, 0) is 36.4 Å². The van der Waals surface area contributed by atoms with Gasteiger partial charge in [0.05, 0.1) is 12.8 Å². The SMILES string of the molecule is COc1ccc(-c2nc(SCc3cn4ccccc4n3)n[nH]2)cc1. The highest BCUT2D eigenvalue weighted by molar-refractivity contribution is 7.98. The molecule has 120 valence electrons. The molecule has 4 rings (SSSR count). The van der Waals surface area contributed by atoms with E-state index in [1.165, 1.54) is 0 Å². The van der Waals surface area contributed by atoms with Crippen molar-refractivity contribution in [3.63, 3.8) is 0 Å². The summed E-state index contributed by atoms with van der Waals surface area (Å²) < 4.78 is 7.17. The predicted molar refractivity (Wildman–Crippen MR) is 93.1 cm³/mol. The third-order valence-electron chi connectivity index (χ3n) is 3.59. The number of methoxy groups -OCH3 is 1. The molecule has 7 heteroatoms. The number of aromatic amines is 1. The number of hydrogen-bond donors (Lipinski definition) is 1. The lowest BCUT2D eigenvalue weighted by molar-refractivity contribution is 0.415. The van der Waals surface area contributed by atoms with Gasteiger partial charge in [-0.2, -0.15) is 0 Å². The van der Waals surface area contributed by atoms with E-state index in [0.717, 1.165) is 34.2 Å². The number of benzene rings is 1. The number of nitrogens with one attached hydrogen (secondary N) is 1. The molecule has 1 N–H and O–H groups in total. The standard InChI is InChI=1S/C17H15N5OS/c1-23-14-7-5-12(6-8-14)16-19-17(21-20-16)24-11-13-10-22-9-3-2-4-15(22)18-13/h2-10H,11H2,1H3,(H,19,20,21). The second-order valence-electron chi connectivity index (χ2n) is 5.18. The Balaban J connectivity index is 1.46. The van der Waals surface area contributed by atoms with E-state index in [2.05, 4.69) is 20.2 Å². The van der Waals surface area contributed by atoms with Crippen LogP contribution < -0.4 is 4.74 Å². The van der Waals surface area contributed by atoms with Crippen LogP contribution in [0.3, 0.4) is 0 Å². The fourth-order valence-corrected chi connectivity index (χ4v) is 3.07. The summed E-state index contributed by atoms with van der Waals surface area (Å²) in [6.07, 6.45) is 4.02. The van der Waals surface area contributed by atoms with Crippen LogP contribution in [0, 0.1) is 0 Å². The Morgan fingerprint density at radius 3 is 2.79 bits per heavy atom. The number of pyridine rings is 1. The van der Waals surface area contributed by atoms with Gasteiger partial charge < -0.3 is 9.14 Å². The average Bonchev–Trinajstić information content (AvgIpc) is 3.26. The molecule has 3 aromatic heterocycles. The monoisotopic (exact) mass is 337 g/mol. The summed E-state index contributed by atoms with van der Waals surface area (Å²) in [5, 5.41) is 7.95. The van der Waals surface area contributed by atoms with Gasteiger partial charge in [0.1, 0.15) is 11.4 Å². The molecule has 6 nitrogen and oxygen atoms in total. The second kappa shape index (κ2) is 6.37. The summed E-state index contributed by atoms with van der Waals surface area (Å²) in [5.41, 5.74) is 2.92. The van der Waals surface area contributed by atoms with Crippen LogP contribution in [-0.4, -0.2) is 31.7 Å². The van der Waals surface area contributed by atoms with Gasteiger partial charge in [-0.25, -0.2) is 9.97 Å². The second-order valence-corrected chi connectivity index (χ2v) is 6.12. The zero-order valence-corrected chi connectivity index (χ0v) is 13.8. The lowest BCUT2D eigenvalue weighted by atomic mass is 10.2. The fourth-order valence-electron chi connectivity index (χ4n) is 2.38. The molecule has 0 saturated carbocycles. The van der Waals surface area contributed by atoms with Crippen molar-refractivity contribution in [1.82, 2.24) is 24.6 Å². The Morgan fingerprint density at radius 1 is 1.12 bits per heavy atom. The van der Waals surface area contributed by atoms with Gasteiger partial charge in [-0.15, -0.1) is 5.10 Å². The maximum atomic E-state index is 5.16. The Bertz CT molecular complexity index is 927. The Labute approximate surface area is 142 Å². The third-order valence-corrected chi connectivity index (χ3v) is 4.47. The quantitative estimate of drug-likeness (QED) is 0.565. The fraction of sp³-hybridized carbons (Fsp3) is 0.118. The minimum atomic E-state index is 0.706. The van der Waals surface area contributed by atoms with E-state index in [9.17, 15) is 0 Å². The molecule has 0 saturated heterocycles. The first kappa shape index (κ1) is 14.8. The summed E-state index contributed by atoms with van der Waals surface area (Å²) in [4.78, 5) is 9.10. The number of ether oxygens (including phenoxy) is 1. The Kier molecular flexibility index (Phi) is 3.92. The summed E-state index contributed by atoms with van der Waals surface area (Å²) in [6, 6.07) is 13.7. The normalized spacial score (nSPS) is 11.0. The number of imidazole rings is 1. The highest BCUT2D eigenvalue weighted by Crippen LogP contribution is 2.23. The number of aromatic nitrogens is 5. The molecule has 24 heavy (non-hydrogen) atoms. The first-order chi connectivity index (χ1) is 11.8. The molecular weight excluding hydrogens is 322 g/mol. The van der Waals surface area contributed by atoms with E-state index in [4.69, 9.17) is 4.74 Å². The van der Waals surface area contributed by atoms with E-state index in [1.54, 1.807) is 18.9 Å². The lowest BCUT2D eigenvalue weighted by Gasteiger charge is -1.99. The van der Waals surface area contributed by atoms with E-state index in [1.807, 2.05) is 59.3 Å². The topological polar surface area (TPSA) is 68.1 Å². The minimum absolute atomic E-state index is 0.706. The first-order valence-electron chi connectivity index (χ1n) is 7.44. The van der Waals surface area contributed by atoms with Crippen LogP contribution in [0.15, 0.2) is 60.0 Å². The van der Waals surface area contributed by atoms with Crippen molar-refractivity contribution in [2.24, 2.45) is 0 Å². The molecule has 0 atom stereocenters. The molecule has 3 heterocycles. The van der Waals surface area contributed by atoms with Crippen molar-refractivity contribution in [3.8, 4) is 17.1 Å². The molecule has 0 aliphatic heterocycles. The first-order valence-corrected chi connectivity index (χ1v) is 8.42. The summed E-state index contributed by atoms with van der Waals surface area (Å²) in [5.74, 6) is 2.29. The molecule has 0 unspecified atom stereocenters. The van der Waals surface area contributed by atoms with Gasteiger partial charge >= 0.3 is 0 Å². The van der Waals surface area contributed by atoms with Crippen molar-refractivity contribution in [1.29, 1.82) is 0 Å². The van der Waals surface area contributed by atoms with E-state index in [0.29, 0.717) is 5.16 Å². The molecular formula is C17H15N5OS. The van der Waals surface area contributed by atoms with Crippen molar-refractivity contribution in [2.75, 3.05) is 7.11 Å². The molecule has 0 amide bonds. The molecule has 0 aliphatic carbocycles. The lowest BCUT2D eigenvalue weighted by Crippen LogP contribution is -1.84. The summed E-state index contributed by atoms with van der Waals surface area (Å²) in [7, 11) is 1.65. The number of H-pyrrole nitrogens is 1. The Hall–Kier alpha value is -2.80. The highest BCUT2D eigenvalue weighted by Gasteiger charge is 2.08. The minimum Gasteiger partial charge on any atom is -0.497 e. The van der Waals surface area contributed by atoms with E-state index >= 15 is 0 Å². The van der Waals surface area contributed by atoms with Crippen LogP contribution in [0.4, 0.5) is 0 Å². The van der Waals surface area contributed by atoms with Crippen LogP contribution in [0.1, 0.15) is 5.69 Å². The average molecular weight is 337 g/mol. The Morgan fingerprint density at radius 2 is 2.00 bits per heavy atom. The molecule has 4 aromatic rings. The summed E-state index contributed by atoms with van der Waals surface area (Å²) >= 11 is 1.56. The highest BCUT2D eigenvalue weighted by atomic mass is 32.2. The van der Waals surface area contributed by atoms with Crippen molar-refractivity contribution < 1.29 is 4.74 Å². The van der Waals surface area contributed by atoms with E-state index < -0.39 is 0 Å². The zero-order chi connectivity index (χ0) is 16.4. The van der Waals surface area contributed by atoms with Gasteiger partial charge in [-0.1, -0.05) is 17.8 Å². The third kappa shape index (κ3) is 2.98. The number of nitrogens with zero attached hydrogens (tertiary/aromatic N) is 4. The number of fused-ring (bicyclic) bond motifs is 1. The molecule has 0 spiro atoms. The molecule has 1 aromatic carbocycles. The summed E-state index contributed by atoms with van der Waals surface area (Å²) in [6.45, 7) is 0. The zero-order valence-electron chi connectivity index (χ0n) is 13.0. The van der Waals surface area contributed by atoms with Crippen LogP contribution in [0.25, 0.3) is 17.0 Å². The molecule has 0 fully saturated rings. The van der Waals surface area contributed by atoms with Crippen molar-refractivity contribution in [3.05, 3.63) is 60.6 Å². The van der Waals surface area contributed by atoms with Crippen LogP contribution in [0.5, 0.6) is 5.75 Å². The van der Waals surface area contributed by atoms with Crippen LogP contribution in [0.2, 0.25) is 0 Å². The maximum Gasteiger partial charge on any atom is 0.209 e. The maximum absolute atomic E-state index is 5.16. The molecule has 0 radical (unpaired) electrons. The van der Waals surface area contributed by atoms with Gasteiger partial charge in [0.25, 0.3) is 0 Å². The van der Waals surface area contributed by atoms with Gasteiger partial charge in [-0.3, -0.25) is 5.10 Å². The largest absolute Gasteiger partial charge is 0.497 e. The predicted octanol–water partition coefficient (Wildman–Crippen LogP) is 3.42. The van der Waals surface area contributed by atoms with Gasteiger partial charge in [0.15, 0.2) is 5.82 Å². The van der Waals surface area contributed by atoms with Crippen molar-refractivity contribution >= 4 is 17.4 Å². The van der Waals surface area contributed by atoms with Crippen LogP contribution >= 0.6 is 11.8 Å². The van der Waals surface area contributed by atoms with Crippen molar-refractivity contribution in [2.45, 2.75) is 10.9 Å². The van der Waals surface area contributed by atoms with E-state index in [-0.39, 0.29) is 0 Å². The molecule has 0 aliphatic rings. The van der Waals surface area contributed by atoms with Crippen LogP contribution in [-0.2, 0) is 5.75 Å². The smallest absolute Gasteiger partial charge is 0.209 e. The number of hydrogen-bond acceptors (Lipinski definition) is 5. The number of thioether (sulfide) groups is 1.